The summed E-state index contributed by atoms with van der Waals surface area (Å²) in [6, 6.07) is 1.69. The van der Waals surface area contributed by atoms with Gasteiger partial charge >= 0.3 is 0 Å². The lowest BCUT2D eigenvalue weighted by Crippen LogP contribution is -1.96. The summed E-state index contributed by atoms with van der Waals surface area (Å²) in [6.45, 7) is 1.76. The summed E-state index contributed by atoms with van der Waals surface area (Å²) in [5.74, 6) is 1.31. The highest BCUT2D eigenvalue weighted by Crippen LogP contribution is 2.45. The quantitative estimate of drug-likeness (QED) is 0.803. The van der Waals surface area contributed by atoms with Crippen molar-refractivity contribution in [2.75, 3.05) is 21.3 Å². The van der Waals surface area contributed by atoms with Gasteiger partial charge in [-0.3, -0.25) is 0 Å². The highest BCUT2D eigenvalue weighted by atomic mass is 16.5. The molecule has 1 N–H and O–H groups in total. The number of ether oxygens (including phenoxy) is 3. The summed E-state index contributed by atoms with van der Waals surface area (Å²) in [7, 11) is 4.50. The van der Waals surface area contributed by atoms with Crippen molar-refractivity contribution in [1.82, 2.24) is 0 Å². The van der Waals surface area contributed by atoms with Gasteiger partial charge in [0, 0.05) is 0 Å². The van der Waals surface area contributed by atoms with Crippen molar-refractivity contribution in [2.24, 2.45) is 0 Å². The van der Waals surface area contributed by atoms with Crippen molar-refractivity contribution >= 4 is 0 Å². The van der Waals surface area contributed by atoms with Gasteiger partial charge in [-0.1, -0.05) is 0 Å². The summed E-state index contributed by atoms with van der Waals surface area (Å²) in [5.41, 5.74) is 0.680. The molecule has 0 saturated heterocycles. The van der Waals surface area contributed by atoms with Crippen LogP contribution < -0.4 is 14.2 Å². The van der Waals surface area contributed by atoms with Crippen LogP contribution in [-0.2, 0) is 0 Å². The Morgan fingerprint density at radius 2 is 1.57 bits per heavy atom. The van der Waals surface area contributed by atoms with Crippen LogP contribution in [0, 0.1) is 6.92 Å². The Hall–Kier alpha value is -1.58. The Balaban J connectivity index is 3.42. The van der Waals surface area contributed by atoms with E-state index < -0.39 is 0 Å². The predicted molar refractivity (Wildman–Crippen MR) is 52.5 cm³/mol. The molecule has 0 fully saturated rings. The minimum Gasteiger partial charge on any atom is -0.504 e. The zero-order chi connectivity index (χ0) is 10.7. The number of methoxy groups -OCH3 is 3. The first kappa shape index (κ1) is 10.5. The molecule has 14 heavy (non-hydrogen) atoms. The van der Waals surface area contributed by atoms with Crippen molar-refractivity contribution in [1.29, 1.82) is 0 Å². The van der Waals surface area contributed by atoms with E-state index in [1.807, 2.05) is 0 Å². The number of hydrogen-bond donors (Lipinski definition) is 1. The Labute approximate surface area is 83.0 Å². The van der Waals surface area contributed by atoms with Crippen molar-refractivity contribution in [2.45, 2.75) is 6.92 Å². The predicted octanol–water partition coefficient (Wildman–Crippen LogP) is 1.73. The van der Waals surface area contributed by atoms with Gasteiger partial charge in [0.1, 0.15) is 0 Å². The molecule has 1 rings (SSSR count). The molecular weight excluding hydrogens is 184 g/mol. The molecule has 0 amide bonds. The molecule has 1 aromatic rings. The topological polar surface area (TPSA) is 47.9 Å². The van der Waals surface area contributed by atoms with Gasteiger partial charge in [-0.15, -0.1) is 0 Å². The lowest BCUT2D eigenvalue weighted by atomic mass is 10.2. The maximum atomic E-state index is 9.67. The van der Waals surface area contributed by atoms with Crippen molar-refractivity contribution in [3.05, 3.63) is 11.6 Å². The smallest absolute Gasteiger partial charge is 0.207 e. The number of aryl methyl sites for hydroxylation is 1. The van der Waals surface area contributed by atoms with Gasteiger partial charge in [0.15, 0.2) is 11.5 Å². The molecule has 0 spiro atoms. The van der Waals surface area contributed by atoms with E-state index in [4.69, 9.17) is 14.2 Å². The first-order chi connectivity index (χ1) is 6.65. The molecule has 0 bridgehead atoms. The standard InChI is InChI=1S/C10H14O4/c1-6-5-7(12-2)9(13-3)10(14-4)8(6)11/h5,11H,1-4H3. The molecule has 0 aromatic heterocycles. The lowest BCUT2D eigenvalue weighted by Gasteiger charge is -2.14. The number of phenolic OH excluding ortho intramolecular Hbond substituents is 1. The van der Waals surface area contributed by atoms with Crippen LogP contribution in [0.5, 0.6) is 23.0 Å². The summed E-state index contributed by atoms with van der Waals surface area (Å²) in [6.07, 6.45) is 0. The fourth-order valence-corrected chi connectivity index (χ4v) is 1.26. The molecule has 0 saturated carbocycles. The molecule has 1 aromatic carbocycles. The maximum absolute atomic E-state index is 9.67. The minimum atomic E-state index is 0.0742. The van der Waals surface area contributed by atoms with E-state index in [9.17, 15) is 5.11 Å². The van der Waals surface area contributed by atoms with Crippen LogP contribution in [-0.4, -0.2) is 26.4 Å². The minimum absolute atomic E-state index is 0.0742. The molecule has 0 radical (unpaired) electrons. The average Bonchev–Trinajstić information content (AvgIpc) is 2.20. The van der Waals surface area contributed by atoms with Crippen molar-refractivity contribution in [3.63, 3.8) is 0 Å². The molecule has 4 heteroatoms. The van der Waals surface area contributed by atoms with Gasteiger partial charge in [-0.05, 0) is 18.6 Å². The third kappa shape index (κ3) is 1.55. The summed E-state index contributed by atoms with van der Waals surface area (Å²) >= 11 is 0. The number of aromatic hydroxyl groups is 1. The summed E-state index contributed by atoms with van der Waals surface area (Å²) in [4.78, 5) is 0. The van der Waals surface area contributed by atoms with E-state index in [1.165, 1.54) is 21.3 Å². The zero-order valence-electron chi connectivity index (χ0n) is 8.75. The summed E-state index contributed by atoms with van der Waals surface area (Å²) < 4.78 is 15.2. The largest absolute Gasteiger partial charge is 0.504 e. The Morgan fingerprint density at radius 1 is 1.00 bits per heavy atom. The molecule has 0 atom stereocenters. The van der Waals surface area contributed by atoms with Gasteiger partial charge in [0.2, 0.25) is 11.5 Å². The molecule has 0 aliphatic rings. The van der Waals surface area contributed by atoms with Crippen molar-refractivity contribution in [3.8, 4) is 23.0 Å². The average molecular weight is 198 g/mol. The van der Waals surface area contributed by atoms with Crippen LogP contribution >= 0.6 is 0 Å². The van der Waals surface area contributed by atoms with E-state index in [1.54, 1.807) is 13.0 Å². The molecule has 4 nitrogen and oxygen atoms in total. The molecule has 0 heterocycles. The fourth-order valence-electron chi connectivity index (χ4n) is 1.26. The first-order valence-corrected chi connectivity index (χ1v) is 4.14. The molecule has 0 aliphatic carbocycles. The van der Waals surface area contributed by atoms with Gasteiger partial charge in [0.05, 0.1) is 21.3 Å². The second kappa shape index (κ2) is 4.09. The number of phenols is 1. The van der Waals surface area contributed by atoms with E-state index in [0.717, 1.165) is 0 Å². The van der Waals surface area contributed by atoms with Gasteiger partial charge in [-0.2, -0.15) is 0 Å². The van der Waals surface area contributed by atoms with Crippen LogP contribution in [0.3, 0.4) is 0 Å². The van der Waals surface area contributed by atoms with E-state index in [0.29, 0.717) is 22.8 Å². The Kier molecular flexibility index (Phi) is 3.06. The van der Waals surface area contributed by atoms with E-state index in [-0.39, 0.29) is 5.75 Å². The fraction of sp³-hybridized carbons (Fsp3) is 0.400. The third-order valence-electron chi connectivity index (χ3n) is 1.99. The van der Waals surface area contributed by atoms with Crippen LogP contribution in [0.4, 0.5) is 0 Å². The zero-order valence-corrected chi connectivity index (χ0v) is 8.75. The van der Waals surface area contributed by atoms with Gasteiger partial charge in [-0.25, -0.2) is 0 Å². The second-order valence-corrected chi connectivity index (χ2v) is 2.81. The molecule has 78 valence electrons. The van der Waals surface area contributed by atoms with E-state index in [2.05, 4.69) is 0 Å². The Bertz CT molecular complexity index is 333. The molecule has 0 aliphatic heterocycles. The van der Waals surface area contributed by atoms with Crippen LogP contribution in [0.15, 0.2) is 6.07 Å². The molecule has 0 unspecified atom stereocenters. The highest BCUT2D eigenvalue weighted by Gasteiger charge is 2.17. The third-order valence-corrected chi connectivity index (χ3v) is 1.99. The number of hydrogen-bond acceptors (Lipinski definition) is 4. The number of rotatable bonds is 3. The monoisotopic (exact) mass is 198 g/mol. The maximum Gasteiger partial charge on any atom is 0.207 e. The van der Waals surface area contributed by atoms with Crippen LogP contribution in [0.25, 0.3) is 0 Å². The highest BCUT2D eigenvalue weighted by molar-refractivity contribution is 5.61. The van der Waals surface area contributed by atoms with Crippen LogP contribution in [0.2, 0.25) is 0 Å². The van der Waals surface area contributed by atoms with Crippen molar-refractivity contribution < 1.29 is 19.3 Å². The van der Waals surface area contributed by atoms with Gasteiger partial charge in [0.25, 0.3) is 0 Å². The van der Waals surface area contributed by atoms with Gasteiger partial charge < -0.3 is 19.3 Å². The Morgan fingerprint density at radius 3 is 2.00 bits per heavy atom. The number of benzene rings is 1. The molecular formula is C10H14O4. The second-order valence-electron chi connectivity index (χ2n) is 2.81. The SMILES string of the molecule is COc1cc(C)c(O)c(OC)c1OC. The van der Waals surface area contributed by atoms with Crippen LogP contribution in [0.1, 0.15) is 5.56 Å². The lowest BCUT2D eigenvalue weighted by molar-refractivity contribution is 0.309. The normalized spacial score (nSPS) is 9.71. The summed E-state index contributed by atoms with van der Waals surface area (Å²) in [5, 5.41) is 9.67. The first-order valence-electron chi connectivity index (χ1n) is 4.14. The van der Waals surface area contributed by atoms with E-state index >= 15 is 0 Å².